The van der Waals surface area contributed by atoms with E-state index in [9.17, 15) is 0 Å². The number of nitrogen functional groups attached to an aromatic ring is 1. The number of thioether (sulfide) groups is 1. The van der Waals surface area contributed by atoms with Crippen molar-refractivity contribution in [2.75, 3.05) is 18.6 Å². The first kappa shape index (κ1) is 17.2. The summed E-state index contributed by atoms with van der Waals surface area (Å²) in [6.07, 6.45) is 11.0. The van der Waals surface area contributed by atoms with Crippen LogP contribution in [0.25, 0.3) is 0 Å². The second-order valence-corrected chi connectivity index (χ2v) is 6.37. The van der Waals surface area contributed by atoms with E-state index in [0.717, 1.165) is 17.2 Å². The number of ether oxygens (including phenoxy) is 1. The van der Waals surface area contributed by atoms with E-state index in [4.69, 9.17) is 10.5 Å². The third kappa shape index (κ3) is 7.09. The predicted octanol–water partition coefficient (Wildman–Crippen LogP) is 5.51. The minimum atomic E-state index is 0.762. The lowest BCUT2D eigenvalue weighted by Crippen LogP contribution is -1.91. The zero-order valence-electron chi connectivity index (χ0n) is 13.0. The molecular formula is C17H29NOS. The number of nitrogens with two attached hydrogens (primary N) is 1. The molecule has 2 N–H and O–H groups in total. The highest BCUT2D eigenvalue weighted by molar-refractivity contribution is 7.99. The summed E-state index contributed by atoms with van der Waals surface area (Å²) in [6.45, 7) is 2.27. The molecule has 1 rings (SSSR count). The van der Waals surface area contributed by atoms with Gasteiger partial charge in [0.1, 0.15) is 5.75 Å². The van der Waals surface area contributed by atoms with Crippen molar-refractivity contribution in [3.8, 4) is 5.75 Å². The highest BCUT2D eigenvalue weighted by atomic mass is 32.2. The van der Waals surface area contributed by atoms with Crippen LogP contribution in [0.2, 0.25) is 0 Å². The van der Waals surface area contributed by atoms with Gasteiger partial charge in [0, 0.05) is 16.6 Å². The van der Waals surface area contributed by atoms with Crippen molar-refractivity contribution < 1.29 is 4.74 Å². The average Bonchev–Trinajstić information content (AvgIpc) is 2.46. The van der Waals surface area contributed by atoms with Crippen LogP contribution in [0.3, 0.4) is 0 Å². The first-order chi connectivity index (χ1) is 9.77. The molecule has 1 aromatic rings. The summed E-state index contributed by atoms with van der Waals surface area (Å²) >= 11 is 1.87. The fourth-order valence-electron chi connectivity index (χ4n) is 2.22. The third-order valence-electron chi connectivity index (χ3n) is 3.44. The number of methoxy groups -OCH3 is 1. The molecule has 0 heterocycles. The lowest BCUT2D eigenvalue weighted by Gasteiger charge is -2.08. The molecule has 3 heteroatoms. The molecule has 0 atom stereocenters. The Labute approximate surface area is 128 Å². The standard InChI is InChI=1S/C17H29NOS/c1-3-4-5-6-7-8-9-10-13-20-17-12-11-15(18)14-16(17)19-2/h11-12,14H,3-10,13,18H2,1-2H3. The quantitative estimate of drug-likeness (QED) is 0.332. The van der Waals surface area contributed by atoms with Gasteiger partial charge < -0.3 is 10.5 Å². The van der Waals surface area contributed by atoms with E-state index in [1.807, 2.05) is 23.9 Å². The van der Waals surface area contributed by atoms with Crippen LogP contribution in [0.4, 0.5) is 5.69 Å². The normalized spacial score (nSPS) is 10.7. The predicted molar refractivity (Wildman–Crippen MR) is 90.7 cm³/mol. The number of hydrogen-bond donors (Lipinski definition) is 1. The number of unbranched alkanes of at least 4 members (excludes halogenated alkanes) is 7. The molecule has 0 saturated heterocycles. The number of benzene rings is 1. The fraction of sp³-hybridized carbons (Fsp3) is 0.647. The van der Waals surface area contributed by atoms with Gasteiger partial charge in [-0.05, 0) is 24.3 Å². The first-order valence-electron chi connectivity index (χ1n) is 7.84. The van der Waals surface area contributed by atoms with E-state index < -0.39 is 0 Å². The van der Waals surface area contributed by atoms with Crippen molar-refractivity contribution in [1.29, 1.82) is 0 Å². The number of rotatable bonds is 11. The molecule has 0 fully saturated rings. The van der Waals surface area contributed by atoms with Crippen LogP contribution in [0.1, 0.15) is 58.3 Å². The Hall–Kier alpha value is -0.830. The molecule has 0 aliphatic rings. The summed E-state index contributed by atoms with van der Waals surface area (Å²) in [4.78, 5) is 1.20. The van der Waals surface area contributed by atoms with Crippen LogP contribution >= 0.6 is 11.8 Å². The van der Waals surface area contributed by atoms with E-state index in [0.29, 0.717) is 0 Å². The monoisotopic (exact) mass is 295 g/mol. The van der Waals surface area contributed by atoms with E-state index >= 15 is 0 Å². The molecule has 0 spiro atoms. The minimum Gasteiger partial charge on any atom is -0.496 e. The van der Waals surface area contributed by atoms with E-state index in [1.165, 1.54) is 56.3 Å². The highest BCUT2D eigenvalue weighted by Gasteiger charge is 2.03. The van der Waals surface area contributed by atoms with Gasteiger partial charge in [-0.1, -0.05) is 51.9 Å². The Kier molecular flexibility index (Phi) is 9.38. The van der Waals surface area contributed by atoms with Gasteiger partial charge in [0.15, 0.2) is 0 Å². The lowest BCUT2D eigenvalue weighted by molar-refractivity contribution is 0.405. The molecular weight excluding hydrogens is 266 g/mol. The third-order valence-corrected chi connectivity index (χ3v) is 4.58. The SMILES string of the molecule is CCCCCCCCCCSc1ccc(N)cc1OC. The maximum absolute atomic E-state index is 5.76. The van der Waals surface area contributed by atoms with Gasteiger partial charge in [-0.2, -0.15) is 0 Å². The first-order valence-corrected chi connectivity index (χ1v) is 8.82. The second-order valence-electron chi connectivity index (χ2n) is 5.23. The van der Waals surface area contributed by atoms with Crippen LogP contribution in [-0.2, 0) is 0 Å². The second kappa shape index (κ2) is 10.9. The summed E-state index contributed by atoms with van der Waals surface area (Å²) in [7, 11) is 1.70. The van der Waals surface area contributed by atoms with Gasteiger partial charge in [-0.25, -0.2) is 0 Å². The summed E-state index contributed by atoms with van der Waals surface area (Å²) in [5.74, 6) is 2.06. The molecule has 0 unspecified atom stereocenters. The average molecular weight is 295 g/mol. The maximum atomic E-state index is 5.76. The topological polar surface area (TPSA) is 35.2 Å². The van der Waals surface area contributed by atoms with Crippen molar-refractivity contribution in [2.45, 2.75) is 63.2 Å². The molecule has 0 aromatic heterocycles. The molecule has 20 heavy (non-hydrogen) atoms. The van der Waals surface area contributed by atoms with Crippen molar-refractivity contribution in [3.05, 3.63) is 18.2 Å². The lowest BCUT2D eigenvalue weighted by atomic mass is 10.1. The van der Waals surface area contributed by atoms with E-state index in [2.05, 4.69) is 13.0 Å². The van der Waals surface area contributed by atoms with Gasteiger partial charge in [-0.3, -0.25) is 0 Å². The van der Waals surface area contributed by atoms with Crippen molar-refractivity contribution in [3.63, 3.8) is 0 Å². The molecule has 0 amide bonds. The smallest absolute Gasteiger partial charge is 0.134 e. The van der Waals surface area contributed by atoms with Crippen molar-refractivity contribution in [2.24, 2.45) is 0 Å². The summed E-state index contributed by atoms with van der Waals surface area (Å²) in [5.41, 5.74) is 6.52. The maximum Gasteiger partial charge on any atom is 0.134 e. The van der Waals surface area contributed by atoms with Crippen molar-refractivity contribution in [1.82, 2.24) is 0 Å². The number of hydrogen-bond acceptors (Lipinski definition) is 3. The van der Waals surface area contributed by atoms with Crippen LogP contribution in [0.5, 0.6) is 5.75 Å². The Morgan fingerprint density at radius 3 is 2.30 bits per heavy atom. The highest BCUT2D eigenvalue weighted by Crippen LogP contribution is 2.31. The number of anilines is 1. The van der Waals surface area contributed by atoms with Crippen LogP contribution in [0, 0.1) is 0 Å². The molecule has 2 nitrogen and oxygen atoms in total. The van der Waals surface area contributed by atoms with Gasteiger partial charge in [0.2, 0.25) is 0 Å². The Morgan fingerprint density at radius 2 is 1.65 bits per heavy atom. The van der Waals surface area contributed by atoms with Gasteiger partial charge in [0.05, 0.1) is 7.11 Å². The molecule has 114 valence electrons. The Balaban J connectivity index is 2.09. The van der Waals surface area contributed by atoms with Gasteiger partial charge >= 0.3 is 0 Å². The zero-order chi connectivity index (χ0) is 14.6. The molecule has 0 saturated carbocycles. The molecule has 0 aliphatic heterocycles. The Bertz CT molecular complexity index is 368. The minimum absolute atomic E-state index is 0.762. The zero-order valence-corrected chi connectivity index (χ0v) is 13.8. The van der Waals surface area contributed by atoms with Crippen LogP contribution < -0.4 is 10.5 Å². The van der Waals surface area contributed by atoms with Crippen molar-refractivity contribution >= 4 is 17.4 Å². The fourth-order valence-corrected chi connectivity index (χ4v) is 3.24. The molecule has 0 bridgehead atoms. The van der Waals surface area contributed by atoms with Crippen LogP contribution in [0.15, 0.2) is 23.1 Å². The molecule has 1 aromatic carbocycles. The van der Waals surface area contributed by atoms with Crippen LogP contribution in [-0.4, -0.2) is 12.9 Å². The van der Waals surface area contributed by atoms with Gasteiger partial charge in [0.25, 0.3) is 0 Å². The van der Waals surface area contributed by atoms with Gasteiger partial charge in [-0.15, -0.1) is 11.8 Å². The summed E-state index contributed by atoms with van der Waals surface area (Å²) < 4.78 is 5.36. The summed E-state index contributed by atoms with van der Waals surface area (Å²) in [5, 5.41) is 0. The molecule has 0 aliphatic carbocycles. The van der Waals surface area contributed by atoms with E-state index in [-0.39, 0.29) is 0 Å². The summed E-state index contributed by atoms with van der Waals surface area (Å²) in [6, 6.07) is 5.90. The van der Waals surface area contributed by atoms with E-state index in [1.54, 1.807) is 7.11 Å². The Morgan fingerprint density at radius 1 is 1.00 bits per heavy atom. The molecule has 0 radical (unpaired) electrons. The largest absolute Gasteiger partial charge is 0.496 e.